The van der Waals surface area contributed by atoms with E-state index in [0.29, 0.717) is 6.54 Å². The molecule has 0 fully saturated rings. The van der Waals surface area contributed by atoms with E-state index in [2.05, 4.69) is 35.7 Å². The molecule has 0 saturated carbocycles. The number of non-ortho nitro benzene ring substituents is 1. The van der Waals surface area contributed by atoms with E-state index in [-0.39, 0.29) is 21.0 Å². The van der Waals surface area contributed by atoms with E-state index in [1.165, 1.54) is 11.0 Å². The van der Waals surface area contributed by atoms with Crippen molar-refractivity contribution in [3.8, 4) is 0 Å². The summed E-state index contributed by atoms with van der Waals surface area (Å²) in [6.45, 7) is 0.379. The fraction of sp³-hybridized carbons (Fsp3) is 0.0714. The number of nitrogens with one attached hydrogen (secondary N) is 1. The lowest BCUT2D eigenvalue weighted by Crippen LogP contribution is -2.15. The van der Waals surface area contributed by atoms with Gasteiger partial charge in [-0.1, -0.05) is 6.07 Å². The zero-order valence-electron chi connectivity index (χ0n) is 13.0. The summed E-state index contributed by atoms with van der Waals surface area (Å²) < 4.78 is 28.7. The van der Waals surface area contributed by atoms with E-state index in [9.17, 15) is 18.5 Å². The second-order valence-electron chi connectivity index (χ2n) is 5.10. The van der Waals surface area contributed by atoms with Crippen molar-refractivity contribution in [2.75, 3.05) is 4.72 Å². The Labute approximate surface area is 156 Å². The predicted octanol–water partition coefficient (Wildman–Crippen LogP) is 2.19. The summed E-state index contributed by atoms with van der Waals surface area (Å²) in [5.74, 6) is -0.112. The average Bonchev–Trinajstić information content (AvgIpc) is 3.01. The van der Waals surface area contributed by atoms with Gasteiger partial charge in [0.15, 0.2) is 0 Å². The number of sulfonamides is 1. The molecule has 1 aromatic carbocycles. The molecule has 2 aromatic heterocycles. The summed E-state index contributed by atoms with van der Waals surface area (Å²) in [5.41, 5.74) is 0.652. The molecule has 2 heterocycles. The monoisotopic (exact) mass is 438 g/mol. The molecule has 3 aromatic rings. The second-order valence-corrected chi connectivity index (χ2v) is 7.61. The smallest absolute Gasteiger partial charge is 0.264 e. The van der Waals surface area contributed by atoms with E-state index in [0.717, 1.165) is 23.8 Å². The third-order valence-corrected chi connectivity index (χ3v) is 5.55. The van der Waals surface area contributed by atoms with E-state index in [4.69, 9.17) is 0 Å². The Morgan fingerprint density at radius 1 is 1.31 bits per heavy atom. The van der Waals surface area contributed by atoms with E-state index < -0.39 is 14.9 Å². The molecule has 12 heteroatoms. The Morgan fingerprint density at radius 3 is 2.77 bits per heavy atom. The SMILES string of the molecule is O=[N+]([O-])c1ccc(S(=O)(=O)Nc2ncn(Cc3cccnc3)n2)c(Br)c1. The molecule has 134 valence electrons. The van der Waals surface area contributed by atoms with Gasteiger partial charge in [-0.25, -0.2) is 17.8 Å². The van der Waals surface area contributed by atoms with Crippen molar-refractivity contribution in [2.45, 2.75) is 11.4 Å². The molecule has 0 unspecified atom stereocenters. The minimum absolute atomic E-state index is 0.0639. The Balaban J connectivity index is 1.79. The van der Waals surface area contributed by atoms with Gasteiger partial charge in [0.2, 0.25) is 0 Å². The second kappa shape index (κ2) is 7.17. The van der Waals surface area contributed by atoms with Crippen LogP contribution in [0.2, 0.25) is 0 Å². The number of benzene rings is 1. The fourth-order valence-electron chi connectivity index (χ4n) is 2.09. The fourth-order valence-corrected chi connectivity index (χ4v) is 4.11. The number of anilines is 1. The number of nitrogens with zero attached hydrogens (tertiary/aromatic N) is 5. The van der Waals surface area contributed by atoms with Gasteiger partial charge >= 0.3 is 0 Å². The van der Waals surface area contributed by atoms with Crippen molar-refractivity contribution in [1.82, 2.24) is 19.7 Å². The van der Waals surface area contributed by atoms with Crippen molar-refractivity contribution in [2.24, 2.45) is 0 Å². The molecule has 0 spiro atoms. The molecule has 0 amide bonds. The van der Waals surface area contributed by atoms with Gasteiger partial charge in [-0.15, -0.1) is 5.10 Å². The lowest BCUT2D eigenvalue weighted by Gasteiger charge is -2.06. The number of aromatic nitrogens is 4. The van der Waals surface area contributed by atoms with Crippen LogP contribution < -0.4 is 4.72 Å². The maximum atomic E-state index is 12.5. The Hall–Kier alpha value is -2.86. The number of pyridine rings is 1. The predicted molar refractivity (Wildman–Crippen MR) is 95.0 cm³/mol. The quantitative estimate of drug-likeness (QED) is 0.460. The first-order valence-electron chi connectivity index (χ1n) is 7.10. The highest BCUT2D eigenvalue weighted by Gasteiger charge is 2.22. The summed E-state index contributed by atoms with van der Waals surface area (Å²) in [4.78, 5) is 17.9. The zero-order chi connectivity index (χ0) is 18.7. The lowest BCUT2D eigenvalue weighted by molar-refractivity contribution is -0.385. The van der Waals surface area contributed by atoms with Crippen molar-refractivity contribution in [1.29, 1.82) is 0 Å². The molecular weight excluding hydrogens is 428 g/mol. The van der Waals surface area contributed by atoms with Gasteiger partial charge in [-0.2, -0.15) is 4.98 Å². The molecule has 0 bridgehead atoms. The van der Waals surface area contributed by atoms with Crippen LogP contribution in [0.4, 0.5) is 11.6 Å². The highest BCUT2D eigenvalue weighted by atomic mass is 79.9. The molecular formula is C14H11BrN6O4S. The van der Waals surface area contributed by atoms with Crippen molar-refractivity contribution >= 4 is 37.6 Å². The molecule has 0 saturated heterocycles. The lowest BCUT2D eigenvalue weighted by atomic mass is 10.3. The number of hydrogen-bond donors (Lipinski definition) is 1. The molecule has 0 aliphatic rings. The summed E-state index contributed by atoms with van der Waals surface area (Å²) >= 11 is 3.04. The van der Waals surface area contributed by atoms with Crippen LogP contribution >= 0.6 is 15.9 Å². The van der Waals surface area contributed by atoms with Crippen LogP contribution in [0.25, 0.3) is 0 Å². The topological polar surface area (TPSA) is 133 Å². The number of hydrogen-bond acceptors (Lipinski definition) is 7. The molecule has 26 heavy (non-hydrogen) atoms. The summed E-state index contributed by atoms with van der Waals surface area (Å²) in [6.07, 6.45) is 4.70. The highest BCUT2D eigenvalue weighted by Crippen LogP contribution is 2.27. The Morgan fingerprint density at radius 2 is 2.12 bits per heavy atom. The third-order valence-electron chi connectivity index (χ3n) is 3.25. The van der Waals surface area contributed by atoms with Gasteiger partial charge in [0, 0.05) is 29.0 Å². The number of rotatable bonds is 6. The van der Waals surface area contributed by atoms with Gasteiger partial charge in [-0.05, 0) is 33.6 Å². The number of halogens is 1. The third kappa shape index (κ3) is 4.03. The van der Waals surface area contributed by atoms with E-state index >= 15 is 0 Å². The molecule has 0 aliphatic carbocycles. The van der Waals surface area contributed by atoms with Gasteiger partial charge < -0.3 is 0 Å². The van der Waals surface area contributed by atoms with Crippen LogP contribution in [0.15, 0.2) is 58.4 Å². The molecule has 3 rings (SSSR count). The highest BCUT2D eigenvalue weighted by molar-refractivity contribution is 9.10. The average molecular weight is 439 g/mol. The van der Waals surface area contributed by atoms with E-state index in [1.807, 2.05) is 6.07 Å². The Bertz CT molecular complexity index is 1050. The normalized spacial score (nSPS) is 11.3. The summed E-state index contributed by atoms with van der Waals surface area (Å²) in [5, 5.41) is 14.8. The molecule has 1 N–H and O–H groups in total. The van der Waals surface area contributed by atoms with Crippen LogP contribution in [0.5, 0.6) is 0 Å². The van der Waals surface area contributed by atoms with Crippen molar-refractivity contribution in [3.05, 3.63) is 69.2 Å². The maximum absolute atomic E-state index is 12.5. The van der Waals surface area contributed by atoms with E-state index in [1.54, 1.807) is 18.5 Å². The van der Waals surface area contributed by atoms with Gasteiger partial charge in [0.25, 0.3) is 21.7 Å². The standard InChI is InChI=1S/C14H11BrN6O4S/c15-12-6-11(21(22)23)3-4-13(12)26(24,25)19-14-17-9-20(18-14)8-10-2-1-5-16-7-10/h1-7,9H,8H2,(H,18,19). The molecule has 0 radical (unpaired) electrons. The largest absolute Gasteiger partial charge is 0.270 e. The first-order valence-corrected chi connectivity index (χ1v) is 9.38. The van der Waals surface area contributed by atoms with Crippen molar-refractivity contribution < 1.29 is 13.3 Å². The molecule has 0 atom stereocenters. The first kappa shape index (κ1) is 17.9. The first-order chi connectivity index (χ1) is 12.3. The maximum Gasteiger partial charge on any atom is 0.270 e. The minimum Gasteiger partial charge on any atom is -0.264 e. The van der Waals surface area contributed by atoms with Gasteiger partial charge in [-0.3, -0.25) is 15.1 Å². The van der Waals surface area contributed by atoms with Gasteiger partial charge in [0.1, 0.15) is 11.2 Å². The number of nitro benzene ring substituents is 1. The van der Waals surface area contributed by atoms with Crippen LogP contribution in [0.3, 0.4) is 0 Å². The van der Waals surface area contributed by atoms with Gasteiger partial charge in [0.05, 0.1) is 11.5 Å². The summed E-state index contributed by atoms with van der Waals surface area (Å²) in [7, 11) is -4.02. The van der Waals surface area contributed by atoms with Crippen LogP contribution in [-0.2, 0) is 16.6 Å². The zero-order valence-corrected chi connectivity index (χ0v) is 15.4. The minimum atomic E-state index is -4.02. The van der Waals surface area contributed by atoms with Crippen LogP contribution in [0, 0.1) is 10.1 Å². The van der Waals surface area contributed by atoms with Crippen LogP contribution in [0.1, 0.15) is 5.56 Å². The molecule has 10 nitrogen and oxygen atoms in total. The van der Waals surface area contributed by atoms with Crippen molar-refractivity contribution in [3.63, 3.8) is 0 Å². The molecule has 0 aliphatic heterocycles. The Kier molecular flexibility index (Phi) is 4.95. The number of nitro groups is 1. The van der Waals surface area contributed by atoms with Crippen LogP contribution in [-0.4, -0.2) is 33.1 Å². The summed E-state index contributed by atoms with van der Waals surface area (Å²) in [6, 6.07) is 6.99.